The van der Waals surface area contributed by atoms with Crippen molar-refractivity contribution in [3.05, 3.63) is 16.3 Å². The fourth-order valence-corrected chi connectivity index (χ4v) is 1.22. The van der Waals surface area contributed by atoms with Gasteiger partial charge in [-0.3, -0.25) is 10.1 Å². The summed E-state index contributed by atoms with van der Waals surface area (Å²) in [5.74, 6) is 0.0522. The minimum absolute atomic E-state index is 0.0522. The SMILES string of the molecule is COC(C)C(C)n1ncc([N+](=O)[O-])c1N. The third-order valence-corrected chi connectivity index (χ3v) is 2.45. The van der Waals surface area contributed by atoms with E-state index in [9.17, 15) is 10.1 Å². The van der Waals surface area contributed by atoms with Crippen molar-refractivity contribution in [3.63, 3.8) is 0 Å². The Morgan fingerprint density at radius 3 is 2.67 bits per heavy atom. The van der Waals surface area contributed by atoms with Crippen LogP contribution in [-0.4, -0.2) is 27.9 Å². The molecule has 0 aromatic carbocycles. The lowest BCUT2D eigenvalue weighted by Crippen LogP contribution is -2.22. The van der Waals surface area contributed by atoms with Crippen LogP contribution in [0, 0.1) is 10.1 Å². The molecule has 1 aromatic rings. The van der Waals surface area contributed by atoms with E-state index in [4.69, 9.17) is 10.5 Å². The van der Waals surface area contributed by atoms with Crippen LogP contribution in [-0.2, 0) is 4.74 Å². The fraction of sp³-hybridized carbons (Fsp3) is 0.625. The summed E-state index contributed by atoms with van der Waals surface area (Å²) >= 11 is 0. The number of rotatable bonds is 4. The molecule has 2 atom stereocenters. The van der Waals surface area contributed by atoms with Crippen LogP contribution in [0.4, 0.5) is 11.5 Å². The molecule has 1 rings (SSSR count). The Bertz CT molecular complexity index is 363. The van der Waals surface area contributed by atoms with Crippen LogP contribution >= 0.6 is 0 Å². The molecule has 84 valence electrons. The van der Waals surface area contributed by atoms with Crippen molar-refractivity contribution in [2.75, 3.05) is 12.8 Å². The van der Waals surface area contributed by atoms with E-state index < -0.39 is 4.92 Å². The van der Waals surface area contributed by atoms with E-state index in [0.29, 0.717) is 0 Å². The van der Waals surface area contributed by atoms with Crippen LogP contribution in [0.5, 0.6) is 0 Å². The topological polar surface area (TPSA) is 96.2 Å². The molecule has 0 saturated heterocycles. The van der Waals surface area contributed by atoms with Crippen molar-refractivity contribution in [1.82, 2.24) is 9.78 Å². The minimum Gasteiger partial charge on any atom is -0.380 e. The third kappa shape index (κ3) is 2.07. The predicted molar refractivity (Wildman–Crippen MR) is 54.5 cm³/mol. The zero-order chi connectivity index (χ0) is 11.6. The lowest BCUT2D eigenvalue weighted by Gasteiger charge is -2.19. The maximum atomic E-state index is 10.5. The molecule has 0 aliphatic rings. The van der Waals surface area contributed by atoms with Gasteiger partial charge in [0, 0.05) is 7.11 Å². The van der Waals surface area contributed by atoms with E-state index in [1.165, 1.54) is 4.68 Å². The highest BCUT2D eigenvalue weighted by molar-refractivity contribution is 5.51. The molecule has 0 amide bonds. The first-order valence-corrected chi connectivity index (χ1v) is 4.49. The van der Waals surface area contributed by atoms with Crippen molar-refractivity contribution < 1.29 is 9.66 Å². The first-order valence-electron chi connectivity index (χ1n) is 4.49. The van der Waals surface area contributed by atoms with E-state index in [2.05, 4.69) is 5.10 Å². The molecule has 0 spiro atoms. The maximum absolute atomic E-state index is 10.5. The number of hydrogen-bond donors (Lipinski definition) is 1. The Balaban J connectivity index is 3.01. The van der Waals surface area contributed by atoms with Crippen LogP contribution in [0.2, 0.25) is 0 Å². The molecule has 7 nitrogen and oxygen atoms in total. The van der Waals surface area contributed by atoms with Crippen molar-refractivity contribution >= 4 is 11.5 Å². The van der Waals surface area contributed by atoms with Crippen LogP contribution in [0.3, 0.4) is 0 Å². The second-order valence-corrected chi connectivity index (χ2v) is 3.30. The fourth-order valence-electron chi connectivity index (χ4n) is 1.22. The van der Waals surface area contributed by atoms with Gasteiger partial charge in [-0.15, -0.1) is 0 Å². The molecule has 0 saturated carbocycles. The van der Waals surface area contributed by atoms with E-state index in [1.807, 2.05) is 13.8 Å². The minimum atomic E-state index is -0.553. The highest BCUT2D eigenvalue weighted by Crippen LogP contribution is 2.25. The zero-order valence-corrected chi connectivity index (χ0v) is 8.88. The van der Waals surface area contributed by atoms with E-state index >= 15 is 0 Å². The van der Waals surface area contributed by atoms with Gasteiger partial charge in [0.05, 0.1) is 17.1 Å². The molecule has 2 N–H and O–H groups in total. The number of nitrogens with two attached hydrogens (primary N) is 1. The molecule has 0 fully saturated rings. The van der Waals surface area contributed by atoms with E-state index in [1.54, 1.807) is 7.11 Å². The standard InChI is InChI=1S/C8H14N4O3/c1-5(6(2)15-3)11-8(9)7(4-10-11)12(13)14/h4-6H,9H2,1-3H3. The number of anilines is 1. The summed E-state index contributed by atoms with van der Waals surface area (Å²) in [5.41, 5.74) is 5.43. The predicted octanol–water partition coefficient (Wildman–Crippen LogP) is 0.969. The lowest BCUT2D eigenvalue weighted by molar-refractivity contribution is -0.384. The number of ether oxygens (including phenoxy) is 1. The Kier molecular flexibility index (Phi) is 3.25. The Morgan fingerprint density at radius 2 is 2.27 bits per heavy atom. The normalized spacial score (nSPS) is 14.9. The summed E-state index contributed by atoms with van der Waals surface area (Å²) in [5, 5.41) is 14.4. The van der Waals surface area contributed by atoms with Crippen molar-refractivity contribution in [2.45, 2.75) is 26.0 Å². The number of nitrogen functional groups attached to an aromatic ring is 1. The summed E-state index contributed by atoms with van der Waals surface area (Å²) < 4.78 is 6.50. The molecule has 7 heteroatoms. The summed E-state index contributed by atoms with van der Waals surface area (Å²) in [6.07, 6.45) is 1.03. The van der Waals surface area contributed by atoms with Gasteiger partial charge in [-0.25, -0.2) is 4.68 Å². The molecule has 0 radical (unpaired) electrons. The van der Waals surface area contributed by atoms with Gasteiger partial charge in [-0.2, -0.15) is 5.10 Å². The van der Waals surface area contributed by atoms with Crippen LogP contribution in [0.25, 0.3) is 0 Å². The number of nitrogens with zero attached hydrogens (tertiary/aromatic N) is 3. The molecule has 0 bridgehead atoms. The highest BCUT2D eigenvalue weighted by Gasteiger charge is 2.23. The number of aromatic nitrogens is 2. The van der Waals surface area contributed by atoms with Crippen LogP contribution in [0.15, 0.2) is 6.20 Å². The Hall–Kier alpha value is -1.63. The molecule has 15 heavy (non-hydrogen) atoms. The Morgan fingerprint density at radius 1 is 1.67 bits per heavy atom. The molecule has 1 aromatic heterocycles. The second kappa shape index (κ2) is 4.26. The van der Waals surface area contributed by atoms with E-state index in [-0.39, 0.29) is 23.7 Å². The van der Waals surface area contributed by atoms with Crippen molar-refractivity contribution in [1.29, 1.82) is 0 Å². The summed E-state index contributed by atoms with van der Waals surface area (Å²) in [6, 6.07) is -0.149. The van der Waals surface area contributed by atoms with E-state index in [0.717, 1.165) is 6.20 Å². The van der Waals surface area contributed by atoms with Gasteiger partial charge < -0.3 is 10.5 Å². The molecule has 0 aliphatic carbocycles. The summed E-state index contributed by atoms with van der Waals surface area (Å²) in [6.45, 7) is 3.68. The first kappa shape index (κ1) is 11.4. The Labute approximate surface area is 87.0 Å². The second-order valence-electron chi connectivity index (χ2n) is 3.30. The molecule has 2 unspecified atom stereocenters. The smallest absolute Gasteiger partial charge is 0.330 e. The molecule has 1 heterocycles. The quantitative estimate of drug-likeness (QED) is 0.595. The van der Waals surface area contributed by atoms with Gasteiger partial charge in [0.15, 0.2) is 0 Å². The van der Waals surface area contributed by atoms with Gasteiger partial charge >= 0.3 is 5.69 Å². The monoisotopic (exact) mass is 214 g/mol. The van der Waals surface area contributed by atoms with Crippen LogP contribution < -0.4 is 5.73 Å². The first-order chi connectivity index (χ1) is 6.99. The number of methoxy groups -OCH3 is 1. The van der Waals surface area contributed by atoms with Crippen molar-refractivity contribution in [2.24, 2.45) is 0 Å². The van der Waals surface area contributed by atoms with Crippen LogP contribution in [0.1, 0.15) is 19.9 Å². The zero-order valence-electron chi connectivity index (χ0n) is 8.88. The summed E-state index contributed by atoms with van der Waals surface area (Å²) in [4.78, 5) is 9.99. The average molecular weight is 214 g/mol. The van der Waals surface area contributed by atoms with Crippen molar-refractivity contribution in [3.8, 4) is 0 Å². The van der Waals surface area contributed by atoms with Gasteiger partial charge in [-0.05, 0) is 13.8 Å². The largest absolute Gasteiger partial charge is 0.380 e. The van der Waals surface area contributed by atoms with Gasteiger partial charge in [0.2, 0.25) is 5.82 Å². The average Bonchev–Trinajstić information content (AvgIpc) is 2.57. The molecular weight excluding hydrogens is 200 g/mol. The van der Waals surface area contributed by atoms with Gasteiger partial charge in [0.25, 0.3) is 0 Å². The van der Waals surface area contributed by atoms with Gasteiger partial charge in [-0.1, -0.05) is 0 Å². The molecule has 0 aliphatic heterocycles. The summed E-state index contributed by atoms with van der Waals surface area (Å²) in [7, 11) is 1.56. The molecular formula is C8H14N4O3. The highest BCUT2D eigenvalue weighted by atomic mass is 16.6. The van der Waals surface area contributed by atoms with Gasteiger partial charge in [0.1, 0.15) is 6.20 Å². The lowest BCUT2D eigenvalue weighted by atomic mass is 10.2. The number of hydrogen-bond acceptors (Lipinski definition) is 5. The third-order valence-electron chi connectivity index (χ3n) is 2.45. The maximum Gasteiger partial charge on any atom is 0.330 e. The number of nitro groups is 1.